The van der Waals surface area contributed by atoms with Crippen LogP contribution in [0.3, 0.4) is 0 Å². The lowest BCUT2D eigenvalue weighted by atomic mass is 10.1. The van der Waals surface area contributed by atoms with Crippen LogP contribution < -0.4 is 0 Å². The Hall–Kier alpha value is -1.55. The maximum atomic E-state index is 11.9. The summed E-state index contributed by atoms with van der Waals surface area (Å²) in [5.74, 6) is 0.453. The minimum absolute atomic E-state index is 0.0294. The fraction of sp³-hybridized carbons (Fsp3) is 0.500. The Balaban J connectivity index is 1.56. The minimum Gasteiger partial charge on any atom is -0.445 e. The number of hydrogen-bond acceptors (Lipinski definition) is 3. The number of carbonyl (C=O) groups is 1. The zero-order valence-corrected chi connectivity index (χ0v) is 10.2. The van der Waals surface area contributed by atoms with Crippen LogP contribution in [0.2, 0.25) is 0 Å². The number of carbonyl (C=O) groups excluding carboxylic acids is 1. The van der Waals surface area contributed by atoms with Crippen LogP contribution in [-0.4, -0.2) is 34.8 Å². The summed E-state index contributed by atoms with van der Waals surface area (Å²) < 4.78 is 5.29. The smallest absolute Gasteiger partial charge is 0.410 e. The number of benzene rings is 1. The van der Waals surface area contributed by atoms with E-state index in [1.165, 1.54) is 0 Å². The molecule has 4 nitrogen and oxygen atoms in total. The molecule has 1 aliphatic heterocycles. The van der Waals surface area contributed by atoms with Gasteiger partial charge in [-0.2, -0.15) is 0 Å². The molecule has 96 valence electrons. The van der Waals surface area contributed by atoms with Crippen molar-refractivity contribution < 1.29 is 14.6 Å². The molecule has 2 aliphatic rings. The summed E-state index contributed by atoms with van der Waals surface area (Å²) >= 11 is 0. The van der Waals surface area contributed by atoms with Crippen LogP contribution in [0.25, 0.3) is 0 Å². The molecule has 3 rings (SSSR count). The van der Waals surface area contributed by atoms with Gasteiger partial charge in [0.1, 0.15) is 6.61 Å². The number of hydrogen-bond donors (Lipinski definition) is 1. The van der Waals surface area contributed by atoms with Crippen molar-refractivity contribution in [2.45, 2.75) is 31.6 Å². The molecule has 1 N–H and O–H groups in total. The van der Waals surface area contributed by atoms with Gasteiger partial charge in [-0.3, -0.25) is 0 Å². The molecule has 3 unspecified atom stereocenters. The first-order valence-electron chi connectivity index (χ1n) is 6.39. The number of nitrogens with zero attached hydrogens (tertiary/aromatic N) is 1. The second kappa shape index (κ2) is 4.61. The van der Waals surface area contributed by atoms with Crippen LogP contribution in [0, 0.1) is 5.92 Å². The second-order valence-electron chi connectivity index (χ2n) is 5.16. The van der Waals surface area contributed by atoms with Gasteiger partial charge in [-0.05, 0) is 24.3 Å². The van der Waals surface area contributed by atoms with Crippen molar-refractivity contribution in [3.8, 4) is 0 Å². The van der Waals surface area contributed by atoms with Gasteiger partial charge >= 0.3 is 6.09 Å². The van der Waals surface area contributed by atoms with Crippen LogP contribution >= 0.6 is 0 Å². The Morgan fingerprint density at radius 1 is 1.33 bits per heavy atom. The average Bonchev–Trinajstić information content (AvgIpc) is 2.96. The number of aliphatic hydroxyl groups is 1. The van der Waals surface area contributed by atoms with Gasteiger partial charge < -0.3 is 14.7 Å². The average molecular weight is 247 g/mol. The van der Waals surface area contributed by atoms with Crippen molar-refractivity contribution in [2.75, 3.05) is 6.54 Å². The molecule has 1 heterocycles. The molecular formula is C14H17NO3. The van der Waals surface area contributed by atoms with Crippen LogP contribution in [0.4, 0.5) is 4.79 Å². The van der Waals surface area contributed by atoms with Crippen molar-refractivity contribution in [1.29, 1.82) is 0 Å². The Bertz CT molecular complexity index is 434. The van der Waals surface area contributed by atoms with Gasteiger partial charge in [0, 0.05) is 6.54 Å². The largest absolute Gasteiger partial charge is 0.445 e. The molecule has 1 saturated carbocycles. The van der Waals surface area contributed by atoms with E-state index >= 15 is 0 Å². The van der Waals surface area contributed by atoms with E-state index in [2.05, 4.69) is 0 Å². The van der Waals surface area contributed by atoms with Crippen LogP contribution in [0.15, 0.2) is 30.3 Å². The number of fused-ring (bicyclic) bond motifs is 2. The van der Waals surface area contributed by atoms with Gasteiger partial charge in [-0.1, -0.05) is 30.3 Å². The maximum absolute atomic E-state index is 11.9. The zero-order valence-electron chi connectivity index (χ0n) is 10.2. The number of likely N-dealkylation sites (tertiary alicyclic amines) is 1. The predicted molar refractivity (Wildman–Crippen MR) is 65.9 cm³/mol. The molecule has 0 aromatic heterocycles. The topological polar surface area (TPSA) is 49.8 Å². The van der Waals surface area contributed by atoms with E-state index in [1.54, 1.807) is 4.90 Å². The summed E-state index contributed by atoms with van der Waals surface area (Å²) in [5, 5.41) is 9.77. The van der Waals surface area contributed by atoms with Gasteiger partial charge in [0.05, 0.1) is 12.1 Å². The first kappa shape index (κ1) is 11.5. The summed E-state index contributed by atoms with van der Waals surface area (Å²) in [5.41, 5.74) is 0.982. The summed E-state index contributed by atoms with van der Waals surface area (Å²) in [7, 11) is 0. The molecule has 1 aliphatic carbocycles. The molecule has 1 aromatic carbocycles. The monoisotopic (exact) mass is 247 g/mol. The lowest BCUT2D eigenvalue weighted by Gasteiger charge is -2.29. The zero-order chi connectivity index (χ0) is 12.5. The van der Waals surface area contributed by atoms with Gasteiger partial charge in [0.15, 0.2) is 0 Å². The Morgan fingerprint density at radius 3 is 2.78 bits per heavy atom. The molecular weight excluding hydrogens is 230 g/mol. The summed E-state index contributed by atoms with van der Waals surface area (Å²) in [4.78, 5) is 13.6. The molecule has 0 spiro atoms. The van der Waals surface area contributed by atoms with Crippen molar-refractivity contribution >= 4 is 6.09 Å². The summed E-state index contributed by atoms with van der Waals surface area (Å²) in [6.07, 6.45) is 1.08. The van der Waals surface area contributed by atoms with Crippen LogP contribution in [-0.2, 0) is 11.3 Å². The van der Waals surface area contributed by atoms with E-state index in [0.29, 0.717) is 12.5 Å². The highest BCUT2D eigenvalue weighted by molar-refractivity contribution is 5.69. The molecule has 2 fully saturated rings. The van der Waals surface area contributed by atoms with E-state index in [-0.39, 0.29) is 18.2 Å². The third-order valence-corrected chi connectivity index (χ3v) is 3.89. The number of rotatable bonds is 2. The molecule has 18 heavy (non-hydrogen) atoms. The van der Waals surface area contributed by atoms with Crippen molar-refractivity contribution in [3.63, 3.8) is 0 Å². The van der Waals surface area contributed by atoms with Crippen molar-refractivity contribution in [1.82, 2.24) is 4.90 Å². The standard InChI is InChI=1S/C14H17NO3/c16-13-7-11-6-12(13)15(8-11)14(17)18-9-10-4-2-1-3-5-10/h1-5,11-13,16H,6-9H2. The highest BCUT2D eigenvalue weighted by Crippen LogP contribution is 2.37. The van der Waals surface area contributed by atoms with E-state index in [4.69, 9.17) is 4.74 Å². The normalized spacial score (nSPS) is 29.6. The molecule has 4 heteroatoms. The molecule has 1 amide bonds. The molecule has 0 radical (unpaired) electrons. The van der Waals surface area contributed by atoms with E-state index in [0.717, 1.165) is 24.9 Å². The number of piperidine rings is 1. The molecule has 3 atom stereocenters. The van der Waals surface area contributed by atoms with Gasteiger partial charge in [0.2, 0.25) is 0 Å². The van der Waals surface area contributed by atoms with Crippen LogP contribution in [0.1, 0.15) is 18.4 Å². The highest BCUT2D eigenvalue weighted by Gasteiger charge is 2.46. The lowest BCUT2D eigenvalue weighted by Crippen LogP contribution is -2.44. The van der Waals surface area contributed by atoms with E-state index in [1.807, 2.05) is 30.3 Å². The van der Waals surface area contributed by atoms with E-state index in [9.17, 15) is 9.90 Å². The van der Waals surface area contributed by atoms with Gasteiger partial charge in [-0.25, -0.2) is 4.79 Å². The first-order valence-corrected chi connectivity index (χ1v) is 6.39. The molecule has 2 bridgehead atoms. The van der Waals surface area contributed by atoms with Crippen molar-refractivity contribution in [2.24, 2.45) is 5.92 Å². The Kier molecular flexibility index (Phi) is 2.96. The summed E-state index contributed by atoms with van der Waals surface area (Å²) in [6.45, 7) is 1.03. The fourth-order valence-corrected chi connectivity index (χ4v) is 3.00. The van der Waals surface area contributed by atoms with Crippen LogP contribution in [0.5, 0.6) is 0 Å². The maximum Gasteiger partial charge on any atom is 0.410 e. The summed E-state index contributed by atoms with van der Waals surface area (Å²) in [6, 6.07) is 9.60. The van der Waals surface area contributed by atoms with E-state index < -0.39 is 0 Å². The SMILES string of the molecule is O=C(OCc1ccccc1)N1CC2CC(O)C1C2. The minimum atomic E-state index is -0.368. The number of ether oxygens (including phenoxy) is 1. The first-order chi connectivity index (χ1) is 8.74. The van der Waals surface area contributed by atoms with Gasteiger partial charge in [-0.15, -0.1) is 0 Å². The quantitative estimate of drug-likeness (QED) is 0.866. The third kappa shape index (κ3) is 2.08. The lowest BCUT2D eigenvalue weighted by molar-refractivity contribution is 0.0367. The van der Waals surface area contributed by atoms with Gasteiger partial charge in [0.25, 0.3) is 0 Å². The Labute approximate surface area is 106 Å². The molecule has 1 saturated heterocycles. The number of amides is 1. The molecule has 1 aromatic rings. The fourth-order valence-electron chi connectivity index (χ4n) is 3.00. The highest BCUT2D eigenvalue weighted by atomic mass is 16.6. The third-order valence-electron chi connectivity index (χ3n) is 3.89. The predicted octanol–water partition coefficient (Wildman–Crippen LogP) is 1.78. The number of aliphatic hydroxyl groups excluding tert-OH is 1. The van der Waals surface area contributed by atoms with Crippen molar-refractivity contribution in [3.05, 3.63) is 35.9 Å². The second-order valence-corrected chi connectivity index (χ2v) is 5.16. The Morgan fingerprint density at radius 2 is 2.11 bits per heavy atom.